The highest BCUT2D eigenvalue weighted by atomic mass is 16.3. The number of hydrogen-bond donors (Lipinski definition) is 2. The first kappa shape index (κ1) is 11.6. The Morgan fingerprint density at radius 1 is 1.25 bits per heavy atom. The molecule has 2 atom stereocenters. The van der Waals surface area contributed by atoms with Crippen molar-refractivity contribution in [3.8, 4) is 0 Å². The molecule has 88 valence electrons. The minimum Gasteiger partial charge on any atom is -0.395 e. The normalized spacial score (nSPS) is 18.2. The van der Waals surface area contributed by atoms with Gasteiger partial charge < -0.3 is 10.4 Å². The minimum atomic E-state index is 0.156. The summed E-state index contributed by atoms with van der Waals surface area (Å²) in [6.07, 6.45) is 3.77. The molecule has 0 radical (unpaired) electrons. The average Bonchev–Trinajstić information content (AvgIpc) is 2.75. The summed E-state index contributed by atoms with van der Waals surface area (Å²) in [4.78, 5) is 0. The Labute approximate surface area is 97.7 Å². The Morgan fingerprint density at radius 2 is 2.00 bits per heavy atom. The van der Waals surface area contributed by atoms with E-state index >= 15 is 0 Å². The topological polar surface area (TPSA) is 32.3 Å². The molecule has 2 rings (SSSR count). The lowest BCUT2D eigenvalue weighted by molar-refractivity contribution is 0.243. The van der Waals surface area contributed by atoms with Gasteiger partial charge in [-0.05, 0) is 49.8 Å². The quantitative estimate of drug-likeness (QED) is 0.813. The molecule has 0 aromatic heterocycles. The van der Waals surface area contributed by atoms with Crippen LogP contribution in [0.15, 0.2) is 18.2 Å². The molecule has 1 aromatic carbocycles. The number of fused-ring (bicyclic) bond motifs is 1. The Balaban J connectivity index is 2.09. The van der Waals surface area contributed by atoms with Crippen LogP contribution in [0.3, 0.4) is 0 Å². The fraction of sp³-hybridized carbons (Fsp3) is 0.571. The molecular formula is C14H21NO. The van der Waals surface area contributed by atoms with E-state index < -0.39 is 0 Å². The second-order valence-electron chi connectivity index (χ2n) is 4.85. The molecule has 0 saturated carbocycles. The van der Waals surface area contributed by atoms with Crippen LogP contribution in [0.2, 0.25) is 0 Å². The molecule has 1 aromatic rings. The van der Waals surface area contributed by atoms with Crippen LogP contribution in [0, 0.1) is 0 Å². The van der Waals surface area contributed by atoms with Gasteiger partial charge in [-0.15, -0.1) is 0 Å². The van der Waals surface area contributed by atoms with Gasteiger partial charge in [0.2, 0.25) is 0 Å². The highest BCUT2D eigenvalue weighted by Crippen LogP contribution is 2.25. The van der Waals surface area contributed by atoms with Crippen molar-refractivity contribution in [3.63, 3.8) is 0 Å². The highest BCUT2D eigenvalue weighted by Gasteiger charge is 2.14. The van der Waals surface area contributed by atoms with Gasteiger partial charge in [-0.1, -0.05) is 18.2 Å². The van der Waals surface area contributed by atoms with Gasteiger partial charge in [0.05, 0.1) is 6.61 Å². The van der Waals surface area contributed by atoms with Crippen LogP contribution in [0.1, 0.15) is 43.0 Å². The van der Waals surface area contributed by atoms with Crippen molar-refractivity contribution in [2.75, 3.05) is 6.61 Å². The van der Waals surface area contributed by atoms with Crippen molar-refractivity contribution >= 4 is 0 Å². The highest BCUT2D eigenvalue weighted by molar-refractivity contribution is 5.36. The summed E-state index contributed by atoms with van der Waals surface area (Å²) in [6.45, 7) is 4.35. The maximum Gasteiger partial charge on any atom is 0.0582 e. The molecule has 1 unspecified atom stereocenters. The van der Waals surface area contributed by atoms with Gasteiger partial charge in [0.15, 0.2) is 0 Å². The maximum absolute atomic E-state index is 9.02. The predicted octanol–water partition coefficient (Wildman–Crippen LogP) is 2.21. The van der Waals surface area contributed by atoms with E-state index in [0.29, 0.717) is 6.04 Å². The Bertz CT molecular complexity index is 362. The zero-order valence-electron chi connectivity index (χ0n) is 10.2. The molecule has 2 N–H and O–H groups in total. The van der Waals surface area contributed by atoms with Crippen LogP contribution in [-0.4, -0.2) is 17.8 Å². The fourth-order valence-corrected chi connectivity index (χ4v) is 2.44. The number of aryl methyl sites for hydroxylation is 2. The minimum absolute atomic E-state index is 0.156. The summed E-state index contributed by atoms with van der Waals surface area (Å²) in [6, 6.07) is 7.27. The number of nitrogens with one attached hydrogen (secondary N) is 1. The number of aliphatic hydroxyl groups is 1. The molecule has 16 heavy (non-hydrogen) atoms. The average molecular weight is 219 g/mol. The van der Waals surface area contributed by atoms with E-state index in [9.17, 15) is 0 Å². The van der Waals surface area contributed by atoms with Crippen molar-refractivity contribution in [3.05, 3.63) is 34.9 Å². The van der Waals surface area contributed by atoms with E-state index in [2.05, 4.69) is 30.4 Å². The molecule has 1 aliphatic carbocycles. The molecule has 0 fully saturated rings. The van der Waals surface area contributed by atoms with Crippen LogP contribution < -0.4 is 5.32 Å². The summed E-state index contributed by atoms with van der Waals surface area (Å²) in [5.74, 6) is 0. The number of rotatable bonds is 4. The maximum atomic E-state index is 9.02. The van der Waals surface area contributed by atoms with Crippen molar-refractivity contribution in [1.82, 2.24) is 5.32 Å². The summed E-state index contributed by atoms with van der Waals surface area (Å²) < 4.78 is 0. The summed E-state index contributed by atoms with van der Waals surface area (Å²) in [7, 11) is 0. The number of benzene rings is 1. The van der Waals surface area contributed by atoms with E-state index in [0.717, 1.165) is 0 Å². The zero-order valence-corrected chi connectivity index (χ0v) is 10.2. The number of aliphatic hydroxyl groups excluding tert-OH is 1. The molecule has 2 heteroatoms. The Hall–Kier alpha value is -0.860. The second kappa shape index (κ2) is 4.98. The van der Waals surface area contributed by atoms with Gasteiger partial charge in [-0.3, -0.25) is 0 Å². The van der Waals surface area contributed by atoms with Gasteiger partial charge in [0.25, 0.3) is 0 Å². The molecule has 0 amide bonds. The Morgan fingerprint density at radius 3 is 2.75 bits per heavy atom. The molecule has 0 heterocycles. The van der Waals surface area contributed by atoms with Crippen molar-refractivity contribution in [2.24, 2.45) is 0 Å². The molecule has 0 aliphatic heterocycles. The molecular weight excluding hydrogens is 198 g/mol. The lowest BCUT2D eigenvalue weighted by Gasteiger charge is -2.19. The van der Waals surface area contributed by atoms with Gasteiger partial charge in [0, 0.05) is 12.1 Å². The van der Waals surface area contributed by atoms with E-state index in [1.807, 2.05) is 6.92 Å². The molecule has 1 aliphatic rings. The lowest BCUT2D eigenvalue weighted by atomic mass is 10.0. The molecule has 0 saturated heterocycles. The molecule has 0 bridgehead atoms. The standard InChI is InChI=1S/C14H21NO/c1-10(9-16)15-11(2)13-7-6-12-4-3-5-14(12)8-13/h6-8,10-11,15-16H,3-5,9H2,1-2H3/t10-,11?/m1/s1. The first-order valence-corrected chi connectivity index (χ1v) is 6.19. The second-order valence-corrected chi connectivity index (χ2v) is 4.85. The van der Waals surface area contributed by atoms with E-state index in [-0.39, 0.29) is 12.6 Å². The van der Waals surface area contributed by atoms with Crippen molar-refractivity contribution in [2.45, 2.75) is 45.2 Å². The number of hydrogen-bond acceptors (Lipinski definition) is 2. The largest absolute Gasteiger partial charge is 0.395 e. The van der Waals surface area contributed by atoms with Gasteiger partial charge in [0.1, 0.15) is 0 Å². The smallest absolute Gasteiger partial charge is 0.0582 e. The fourth-order valence-electron chi connectivity index (χ4n) is 2.44. The third-order valence-corrected chi connectivity index (χ3v) is 3.43. The zero-order chi connectivity index (χ0) is 11.5. The third-order valence-electron chi connectivity index (χ3n) is 3.43. The van der Waals surface area contributed by atoms with Crippen LogP contribution in [-0.2, 0) is 12.8 Å². The van der Waals surface area contributed by atoms with Gasteiger partial charge in [-0.25, -0.2) is 0 Å². The molecule has 2 nitrogen and oxygen atoms in total. The van der Waals surface area contributed by atoms with E-state index in [4.69, 9.17) is 5.11 Å². The van der Waals surface area contributed by atoms with Crippen LogP contribution in [0.25, 0.3) is 0 Å². The summed E-state index contributed by atoms with van der Waals surface area (Å²) >= 11 is 0. The van der Waals surface area contributed by atoms with Crippen molar-refractivity contribution in [1.29, 1.82) is 0 Å². The first-order valence-electron chi connectivity index (χ1n) is 6.19. The van der Waals surface area contributed by atoms with Gasteiger partial charge >= 0.3 is 0 Å². The lowest BCUT2D eigenvalue weighted by Crippen LogP contribution is -2.31. The van der Waals surface area contributed by atoms with Crippen LogP contribution in [0.4, 0.5) is 0 Å². The van der Waals surface area contributed by atoms with Crippen LogP contribution in [0.5, 0.6) is 0 Å². The van der Waals surface area contributed by atoms with Crippen LogP contribution >= 0.6 is 0 Å². The SMILES string of the molecule is CC(N[C@H](C)CO)c1ccc2c(c1)CCC2. The summed E-state index contributed by atoms with van der Waals surface area (Å²) in [5.41, 5.74) is 4.37. The first-order chi connectivity index (χ1) is 7.70. The molecule has 0 spiro atoms. The predicted molar refractivity (Wildman–Crippen MR) is 66.6 cm³/mol. The van der Waals surface area contributed by atoms with Crippen molar-refractivity contribution < 1.29 is 5.11 Å². The van der Waals surface area contributed by atoms with E-state index in [1.165, 1.54) is 36.0 Å². The summed E-state index contributed by atoms with van der Waals surface area (Å²) in [5, 5.41) is 12.4. The monoisotopic (exact) mass is 219 g/mol. The van der Waals surface area contributed by atoms with E-state index in [1.54, 1.807) is 0 Å². The van der Waals surface area contributed by atoms with Gasteiger partial charge in [-0.2, -0.15) is 0 Å². The third kappa shape index (κ3) is 2.45. The Kier molecular flexibility index (Phi) is 3.62.